The van der Waals surface area contributed by atoms with Gasteiger partial charge in [-0.15, -0.1) is 0 Å². The monoisotopic (exact) mass is 708 g/mol. The molecule has 10 heteroatoms. The van der Waals surface area contributed by atoms with Gasteiger partial charge in [-0.3, -0.25) is 0 Å². The first-order valence-corrected chi connectivity index (χ1v) is 16.8. The number of ether oxygens (including phenoxy) is 1. The fourth-order valence-electron chi connectivity index (χ4n) is 7.36. The number of halogens is 6. The van der Waals surface area contributed by atoms with Crippen LogP contribution in [0.5, 0.6) is 0 Å². The summed E-state index contributed by atoms with van der Waals surface area (Å²) in [7, 11) is 0. The second kappa shape index (κ2) is 11.2. The molecule has 2 atom stereocenters. The van der Waals surface area contributed by atoms with Crippen molar-refractivity contribution in [2.45, 2.75) is 83.7 Å². The number of hydrogen-bond acceptors (Lipinski definition) is 4. The van der Waals surface area contributed by atoms with Crippen LogP contribution < -0.4 is 10.8 Å². The number of fused-ring (bicyclic) bond motifs is 2. The van der Waals surface area contributed by atoms with Gasteiger partial charge >= 0.3 is 17.8 Å². The van der Waals surface area contributed by atoms with E-state index in [1.165, 1.54) is 24.3 Å². The molecular formula is C41H38F6O4. The van der Waals surface area contributed by atoms with Gasteiger partial charge in [-0.25, -0.2) is 0 Å². The molecule has 4 nitrogen and oxygen atoms in total. The second-order valence-corrected chi connectivity index (χ2v) is 15.7. The Labute approximate surface area is 291 Å². The van der Waals surface area contributed by atoms with E-state index in [-0.39, 0.29) is 62.9 Å². The van der Waals surface area contributed by atoms with Crippen molar-refractivity contribution in [2.75, 3.05) is 0 Å². The SMILES string of the molecule is CC(C)(C)C1=CCC(=c2oc3c(c2C2=C(C4=C(c5ccc(C(C)(C)C)cc5)OC5C=C(O)C=CC45)C(F)(F)C(F)(F)C2(F)F)CC=C(O)C=3)C=C1. The minimum atomic E-state index is -5.85. The van der Waals surface area contributed by atoms with Crippen LogP contribution in [0.25, 0.3) is 23.0 Å². The summed E-state index contributed by atoms with van der Waals surface area (Å²) in [5.41, 5.74) is -2.78. The second-order valence-electron chi connectivity index (χ2n) is 15.7. The van der Waals surface area contributed by atoms with Crippen LogP contribution in [0, 0.1) is 11.3 Å². The van der Waals surface area contributed by atoms with Crippen molar-refractivity contribution in [2.24, 2.45) is 11.3 Å². The van der Waals surface area contributed by atoms with Gasteiger partial charge in [0.15, 0.2) is 0 Å². The normalized spacial score (nSPS) is 25.9. The van der Waals surface area contributed by atoms with Gasteiger partial charge < -0.3 is 19.4 Å². The lowest BCUT2D eigenvalue weighted by Gasteiger charge is -2.26. The Hall–Kier alpha value is -4.60. The summed E-state index contributed by atoms with van der Waals surface area (Å²) in [6, 6.07) is 6.65. The molecule has 4 aliphatic carbocycles. The molecule has 2 aromatic rings. The number of hydrogen-bond donors (Lipinski definition) is 2. The van der Waals surface area contributed by atoms with Gasteiger partial charge in [0.2, 0.25) is 0 Å². The quantitative estimate of drug-likeness (QED) is 0.312. The van der Waals surface area contributed by atoms with Crippen molar-refractivity contribution in [1.29, 1.82) is 0 Å². The summed E-state index contributed by atoms with van der Waals surface area (Å²) >= 11 is 0. The van der Waals surface area contributed by atoms with Crippen LogP contribution in [0.1, 0.15) is 70.2 Å². The number of aliphatic hydroxyl groups excluding tert-OH is 2. The maximum absolute atomic E-state index is 16.6. The highest BCUT2D eigenvalue weighted by molar-refractivity contribution is 5.90. The van der Waals surface area contributed by atoms with E-state index in [9.17, 15) is 10.2 Å². The Balaban J connectivity index is 1.59. The van der Waals surface area contributed by atoms with Crippen LogP contribution in [-0.4, -0.2) is 34.1 Å². The molecule has 0 spiro atoms. The van der Waals surface area contributed by atoms with Gasteiger partial charge in [-0.1, -0.05) is 90.1 Å². The molecule has 51 heavy (non-hydrogen) atoms. The van der Waals surface area contributed by atoms with Crippen LogP contribution >= 0.6 is 0 Å². The van der Waals surface area contributed by atoms with E-state index < -0.39 is 52.1 Å². The van der Waals surface area contributed by atoms with Crippen molar-refractivity contribution >= 4 is 23.0 Å². The Bertz CT molecular complexity index is 2190. The summed E-state index contributed by atoms with van der Waals surface area (Å²) in [6.45, 7) is 11.9. The third kappa shape index (κ3) is 5.27. The van der Waals surface area contributed by atoms with E-state index in [1.54, 1.807) is 36.4 Å². The molecule has 1 aromatic heterocycles. The van der Waals surface area contributed by atoms with Gasteiger partial charge in [0.25, 0.3) is 0 Å². The van der Waals surface area contributed by atoms with Gasteiger partial charge in [0.05, 0.1) is 0 Å². The van der Waals surface area contributed by atoms with E-state index in [0.717, 1.165) is 17.2 Å². The van der Waals surface area contributed by atoms with E-state index in [2.05, 4.69) is 0 Å². The lowest BCUT2D eigenvalue weighted by atomic mass is 9.80. The fourth-order valence-corrected chi connectivity index (χ4v) is 7.36. The summed E-state index contributed by atoms with van der Waals surface area (Å²) in [6.07, 6.45) is 10.2. The molecule has 0 amide bonds. The minimum absolute atomic E-state index is 0.0288. The first-order valence-electron chi connectivity index (χ1n) is 16.8. The lowest BCUT2D eigenvalue weighted by Crippen LogP contribution is -2.49. The number of allylic oxidation sites excluding steroid dienone is 9. The van der Waals surface area contributed by atoms with Crippen molar-refractivity contribution in [3.05, 3.63) is 128 Å². The maximum atomic E-state index is 16.6. The molecule has 2 unspecified atom stereocenters. The largest absolute Gasteiger partial charge is 0.508 e. The number of rotatable bonds is 3. The average molecular weight is 709 g/mol. The summed E-state index contributed by atoms with van der Waals surface area (Å²) in [5.74, 6) is -18.6. The molecule has 1 aliphatic heterocycles. The van der Waals surface area contributed by atoms with E-state index >= 15 is 26.3 Å². The first-order chi connectivity index (χ1) is 23.6. The molecule has 0 saturated carbocycles. The topological polar surface area (TPSA) is 62.8 Å². The van der Waals surface area contributed by atoms with Gasteiger partial charge in [0, 0.05) is 45.4 Å². The third-order valence-corrected chi connectivity index (χ3v) is 10.2. The minimum Gasteiger partial charge on any atom is -0.508 e. The highest BCUT2D eigenvalue weighted by atomic mass is 19.3. The zero-order chi connectivity index (χ0) is 37.1. The highest BCUT2D eigenvalue weighted by Gasteiger charge is 2.81. The first kappa shape index (κ1) is 34.8. The van der Waals surface area contributed by atoms with Crippen LogP contribution in [0.3, 0.4) is 0 Å². The third-order valence-electron chi connectivity index (χ3n) is 10.2. The molecule has 0 radical (unpaired) electrons. The van der Waals surface area contributed by atoms with E-state index in [4.69, 9.17) is 9.15 Å². The Kier molecular flexibility index (Phi) is 7.65. The smallest absolute Gasteiger partial charge is 0.380 e. The molecular weight excluding hydrogens is 670 g/mol. The molecule has 5 aliphatic rings. The van der Waals surface area contributed by atoms with Gasteiger partial charge in [0.1, 0.15) is 34.2 Å². The van der Waals surface area contributed by atoms with Crippen molar-refractivity contribution in [1.82, 2.24) is 0 Å². The Morgan fingerprint density at radius 1 is 0.765 bits per heavy atom. The molecule has 1 aromatic carbocycles. The number of aliphatic hydroxyl groups is 2. The zero-order valence-corrected chi connectivity index (χ0v) is 29.0. The zero-order valence-electron chi connectivity index (χ0n) is 29.0. The predicted molar refractivity (Wildman–Crippen MR) is 184 cm³/mol. The molecule has 2 N–H and O–H groups in total. The molecule has 7 rings (SSSR count). The van der Waals surface area contributed by atoms with Crippen LogP contribution in [0.2, 0.25) is 0 Å². The Morgan fingerprint density at radius 3 is 2.04 bits per heavy atom. The predicted octanol–water partition coefficient (Wildman–Crippen LogP) is 9.55. The van der Waals surface area contributed by atoms with E-state index in [0.29, 0.717) is 5.57 Å². The standard InChI is InChI=1S/C41H38F6O4/c1-37(2,3)23-11-7-21(8-12-23)35-31(27-17-15-25(48)19-29(27)50-35)33-34(40(44,45)41(46,47)39(33,42)43)32-28-18-16-26(49)20-30(28)51-36(32)22-9-13-24(14-10-22)38(4,5)6/h7-9,11-17,19-20,27,29,48-49H,10,18H2,1-6H3. The molecule has 2 heterocycles. The highest BCUT2D eigenvalue weighted by Crippen LogP contribution is 2.66. The van der Waals surface area contributed by atoms with E-state index in [1.807, 2.05) is 47.6 Å². The molecule has 0 saturated heterocycles. The summed E-state index contributed by atoms with van der Waals surface area (Å²) in [4.78, 5) is 0. The van der Waals surface area contributed by atoms with Crippen LogP contribution in [0.15, 0.2) is 99.5 Å². The summed E-state index contributed by atoms with van der Waals surface area (Å²) in [5, 5.41) is 20.6. The average Bonchev–Trinajstić information content (AvgIpc) is 3.62. The van der Waals surface area contributed by atoms with Crippen molar-refractivity contribution in [3.63, 3.8) is 0 Å². The molecule has 0 fully saturated rings. The summed E-state index contributed by atoms with van der Waals surface area (Å²) < 4.78 is 110. The maximum Gasteiger partial charge on any atom is 0.380 e. The number of alkyl halides is 6. The van der Waals surface area contributed by atoms with Crippen LogP contribution in [-0.2, 0) is 16.6 Å². The van der Waals surface area contributed by atoms with Crippen molar-refractivity contribution < 1.29 is 45.7 Å². The fraction of sp³-hybridized carbons (Fsp3) is 0.366. The van der Waals surface area contributed by atoms with Gasteiger partial charge in [-0.2, -0.15) is 26.3 Å². The lowest BCUT2D eigenvalue weighted by molar-refractivity contribution is -0.259. The number of furan rings is 1. The number of benzene rings is 1. The molecule has 268 valence electrons. The molecule has 0 bridgehead atoms. The van der Waals surface area contributed by atoms with Crippen molar-refractivity contribution in [3.8, 4) is 0 Å². The Morgan fingerprint density at radius 2 is 1.43 bits per heavy atom. The van der Waals surface area contributed by atoms with Crippen LogP contribution in [0.4, 0.5) is 26.3 Å². The van der Waals surface area contributed by atoms with Gasteiger partial charge in [-0.05, 0) is 58.6 Å².